The van der Waals surface area contributed by atoms with Crippen LogP contribution in [0.15, 0.2) is 30.7 Å². The van der Waals surface area contributed by atoms with Crippen molar-refractivity contribution in [2.75, 3.05) is 0 Å². The summed E-state index contributed by atoms with van der Waals surface area (Å²) in [6.07, 6.45) is 8.63. The number of hydrogen-bond donors (Lipinski definition) is 1. The van der Waals surface area contributed by atoms with Crippen molar-refractivity contribution in [3.05, 3.63) is 58.7 Å². The number of halogens is 1. The van der Waals surface area contributed by atoms with E-state index >= 15 is 0 Å². The Morgan fingerprint density at radius 1 is 1.38 bits per heavy atom. The molecule has 4 nitrogen and oxygen atoms in total. The van der Waals surface area contributed by atoms with Crippen LogP contribution < -0.4 is 0 Å². The zero-order chi connectivity index (χ0) is 18.5. The van der Waals surface area contributed by atoms with Gasteiger partial charge in [0.05, 0.1) is 23.9 Å². The molecule has 0 aliphatic heterocycles. The highest BCUT2D eigenvalue weighted by atomic mass is 35.5. The molecule has 1 aromatic carbocycles. The van der Waals surface area contributed by atoms with Crippen LogP contribution in [0.1, 0.15) is 47.2 Å². The summed E-state index contributed by atoms with van der Waals surface area (Å²) in [5.41, 5.74) is 4.91. The minimum absolute atomic E-state index is 0.234. The number of benzene rings is 1. The monoisotopic (exact) mass is 367 g/mol. The number of aliphatic hydroxyl groups is 1. The van der Waals surface area contributed by atoms with Crippen molar-refractivity contribution in [3.8, 4) is 6.07 Å². The maximum absolute atomic E-state index is 11.9. The van der Waals surface area contributed by atoms with Gasteiger partial charge in [-0.1, -0.05) is 23.8 Å². The number of fused-ring (bicyclic) bond motifs is 1. The topological polar surface area (TPSA) is 61.8 Å². The van der Waals surface area contributed by atoms with Gasteiger partial charge in [0.1, 0.15) is 17.4 Å². The van der Waals surface area contributed by atoms with E-state index in [1.165, 1.54) is 22.9 Å². The van der Waals surface area contributed by atoms with E-state index in [2.05, 4.69) is 43.1 Å². The first-order valence-electron chi connectivity index (χ1n) is 9.01. The largest absolute Gasteiger partial charge is 0.381 e. The molecule has 0 bridgehead atoms. The Bertz CT molecular complexity index is 949. The van der Waals surface area contributed by atoms with Gasteiger partial charge < -0.3 is 9.67 Å². The van der Waals surface area contributed by atoms with E-state index in [9.17, 15) is 10.4 Å². The summed E-state index contributed by atoms with van der Waals surface area (Å²) in [4.78, 5) is 3.37. The Morgan fingerprint density at radius 2 is 2.15 bits per heavy atom. The Hall–Kier alpha value is -2.09. The smallest absolute Gasteiger partial charge is 0.140 e. The predicted octanol–water partition coefficient (Wildman–Crippen LogP) is 3.90. The first-order valence-corrected chi connectivity index (χ1v) is 9.38. The fourth-order valence-corrected chi connectivity index (χ4v) is 4.47. The Kier molecular flexibility index (Phi) is 3.98. The molecule has 1 aromatic heterocycles. The summed E-state index contributed by atoms with van der Waals surface area (Å²) in [5, 5.41) is 21.2. The zero-order valence-corrected chi connectivity index (χ0v) is 15.8. The minimum Gasteiger partial charge on any atom is -0.381 e. The number of aryl methyl sites for hydroxylation is 2. The molecule has 1 N–H and O–H groups in total. The second-order valence-corrected chi connectivity index (χ2v) is 8.33. The minimum atomic E-state index is -1.24. The highest BCUT2D eigenvalue weighted by Gasteiger charge is 2.60. The van der Waals surface area contributed by atoms with Crippen LogP contribution >= 0.6 is 11.6 Å². The van der Waals surface area contributed by atoms with Gasteiger partial charge in [0.15, 0.2) is 0 Å². The number of nitriles is 1. The molecule has 26 heavy (non-hydrogen) atoms. The summed E-state index contributed by atoms with van der Waals surface area (Å²) in [7, 11) is 0. The molecule has 0 radical (unpaired) electrons. The van der Waals surface area contributed by atoms with Gasteiger partial charge in [0.2, 0.25) is 0 Å². The van der Waals surface area contributed by atoms with Crippen LogP contribution in [0, 0.1) is 25.2 Å². The van der Waals surface area contributed by atoms with Crippen LogP contribution in [0.25, 0.3) is 5.57 Å². The number of aromatic nitrogens is 2. The van der Waals surface area contributed by atoms with E-state index in [4.69, 9.17) is 11.6 Å². The van der Waals surface area contributed by atoms with Crippen molar-refractivity contribution in [1.29, 1.82) is 5.26 Å². The molecule has 0 spiro atoms. The summed E-state index contributed by atoms with van der Waals surface area (Å²) in [5.74, 6) is 0. The van der Waals surface area contributed by atoms with Crippen LogP contribution in [0.4, 0.5) is 0 Å². The van der Waals surface area contributed by atoms with Gasteiger partial charge in [0, 0.05) is 0 Å². The lowest BCUT2D eigenvalue weighted by molar-refractivity contribution is 0.0691. The first-order chi connectivity index (χ1) is 12.4. The van der Waals surface area contributed by atoms with Crippen LogP contribution in [-0.2, 0) is 13.0 Å². The fourth-order valence-electron chi connectivity index (χ4n) is 4.21. The van der Waals surface area contributed by atoms with E-state index in [0.29, 0.717) is 5.69 Å². The molecular weight excluding hydrogens is 346 g/mol. The molecule has 1 atom stereocenters. The van der Waals surface area contributed by atoms with Crippen LogP contribution in [0.5, 0.6) is 0 Å². The van der Waals surface area contributed by atoms with Gasteiger partial charge in [-0.2, -0.15) is 5.26 Å². The van der Waals surface area contributed by atoms with Crippen molar-refractivity contribution in [1.82, 2.24) is 9.55 Å². The lowest BCUT2D eigenvalue weighted by Crippen LogP contribution is -2.46. The SMILES string of the molecule is Cc1cc(C)c2c(c1)C(C(O)(Cn1cncc1C#N)C1(Cl)CC1)=CCC2. The molecule has 1 heterocycles. The van der Waals surface area contributed by atoms with Gasteiger partial charge in [-0.15, -0.1) is 11.6 Å². The van der Waals surface area contributed by atoms with E-state index in [-0.39, 0.29) is 6.54 Å². The molecule has 4 rings (SSSR count). The highest BCUT2D eigenvalue weighted by molar-refractivity contribution is 6.27. The molecule has 1 fully saturated rings. The third-order valence-electron chi connectivity index (χ3n) is 5.75. The van der Waals surface area contributed by atoms with Gasteiger partial charge in [-0.3, -0.25) is 0 Å². The van der Waals surface area contributed by atoms with Gasteiger partial charge in [0.25, 0.3) is 0 Å². The normalized spacial score (nSPS) is 19.9. The number of hydrogen-bond acceptors (Lipinski definition) is 3. The van der Waals surface area contributed by atoms with Crippen molar-refractivity contribution in [2.24, 2.45) is 0 Å². The number of rotatable bonds is 4. The third-order valence-corrected chi connectivity index (χ3v) is 6.44. The molecule has 1 saturated carbocycles. The molecule has 2 aliphatic rings. The van der Waals surface area contributed by atoms with Crippen molar-refractivity contribution < 1.29 is 5.11 Å². The number of allylic oxidation sites excluding steroid dienone is 1. The fraction of sp³-hybridized carbons (Fsp3) is 0.429. The van der Waals surface area contributed by atoms with Gasteiger partial charge in [-0.05, 0) is 61.8 Å². The lowest BCUT2D eigenvalue weighted by atomic mass is 9.76. The van der Waals surface area contributed by atoms with E-state index in [0.717, 1.165) is 36.8 Å². The van der Waals surface area contributed by atoms with E-state index < -0.39 is 10.5 Å². The Labute approximate surface area is 158 Å². The molecule has 0 saturated heterocycles. The summed E-state index contributed by atoms with van der Waals surface area (Å²) >= 11 is 6.84. The van der Waals surface area contributed by atoms with Crippen LogP contribution in [0.3, 0.4) is 0 Å². The maximum Gasteiger partial charge on any atom is 0.140 e. The second-order valence-electron chi connectivity index (χ2n) is 7.61. The van der Waals surface area contributed by atoms with Crippen molar-refractivity contribution in [2.45, 2.75) is 56.6 Å². The first kappa shape index (κ1) is 17.3. The molecule has 0 amide bonds. The Balaban J connectivity index is 1.85. The highest BCUT2D eigenvalue weighted by Crippen LogP contribution is 2.57. The molecule has 5 heteroatoms. The summed E-state index contributed by atoms with van der Waals surface area (Å²) < 4.78 is 1.71. The average molecular weight is 368 g/mol. The number of alkyl halides is 1. The quantitative estimate of drug-likeness (QED) is 0.833. The molecule has 2 aromatic rings. The number of nitrogens with zero attached hydrogens (tertiary/aromatic N) is 3. The molecule has 134 valence electrons. The molecule has 2 aliphatic carbocycles. The molecular formula is C21H22ClN3O. The average Bonchev–Trinajstić information content (AvgIpc) is 3.21. The maximum atomic E-state index is 11.9. The summed E-state index contributed by atoms with van der Waals surface area (Å²) in [6.45, 7) is 4.44. The standard InChI is InChI=1S/C21H22ClN3O/c1-14-8-15(2)17-4-3-5-19(18(17)9-14)21(26,20(22)6-7-20)12-25-13-24-11-16(25)10-23/h5,8-9,11,13,26H,3-4,6-7,12H2,1-2H3. The third kappa shape index (κ3) is 2.58. The second kappa shape index (κ2) is 5.97. The van der Waals surface area contributed by atoms with Crippen LogP contribution in [-0.4, -0.2) is 25.1 Å². The van der Waals surface area contributed by atoms with Gasteiger partial charge in [-0.25, -0.2) is 4.98 Å². The molecule has 1 unspecified atom stereocenters. The lowest BCUT2D eigenvalue weighted by Gasteiger charge is -2.38. The van der Waals surface area contributed by atoms with Crippen molar-refractivity contribution in [3.63, 3.8) is 0 Å². The summed E-state index contributed by atoms with van der Waals surface area (Å²) in [6, 6.07) is 6.48. The van der Waals surface area contributed by atoms with Crippen molar-refractivity contribution >= 4 is 17.2 Å². The van der Waals surface area contributed by atoms with Crippen LogP contribution in [0.2, 0.25) is 0 Å². The van der Waals surface area contributed by atoms with E-state index in [1.807, 2.05) is 0 Å². The Morgan fingerprint density at radius 3 is 2.85 bits per heavy atom. The van der Waals surface area contributed by atoms with E-state index in [1.54, 1.807) is 10.9 Å². The number of imidazole rings is 1. The zero-order valence-electron chi connectivity index (χ0n) is 15.1. The van der Waals surface area contributed by atoms with Gasteiger partial charge >= 0.3 is 0 Å². The predicted molar refractivity (Wildman–Crippen MR) is 102 cm³/mol.